The van der Waals surface area contributed by atoms with Crippen molar-refractivity contribution in [2.24, 2.45) is 0 Å². The van der Waals surface area contributed by atoms with Crippen LogP contribution in [0.3, 0.4) is 0 Å². The predicted molar refractivity (Wildman–Crippen MR) is 130 cm³/mol. The summed E-state index contributed by atoms with van der Waals surface area (Å²) in [6.45, 7) is 1.78. The Morgan fingerprint density at radius 2 is 1.32 bits per heavy atom. The first-order chi connectivity index (χ1) is 15.4. The minimum atomic E-state index is 0.627. The highest BCUT2D eigenvalue weighted by Crippen LogP contribution is 2.33. The van der Waals surface area contributed by atoms with Crippen molar-refractivity contribution in [3.05, 3.63) is 102 Å². The Morgan fingerprint density at radius 3 is 2.00 bits per heavy atom. The molecular formula is C29H35NO. The van der Waals surface area contributed by atoms with E-state index in [2.05, 4.69) is 84.2 Å². The number of hydrogen-bond donors (Lipinski definition) is 1. The molecule has 0 amide bonds. The first-order valence-electron chi connectivity index (χ1n) is 11.9. The Kier molecular flexibility index (Phi) is 8.18. The SMILES string of the molecule is c1ccc(CCCCN[C@H]2CC[C@H](c3ccc(OCc4ccccc4)cc3)CC2)cc1. The fraction of sp³-hybridized carbons (Fsp3) is 0.379. The van der Waals surface area contributed by atoms with E-state index in [1.54, 1.807) is 0 Å². The van der Waals surface area contributed by atoms with E-state index in [1.807, 2.05) is 6.07 Å². The molecule has 0 radical (unpaired) electrons. The van der Waals surface area contributed by atoms with Crippen LogP contribution in [0.1, 0.15) is 61.1 Å². The van der Waals surface area contributed by atoms with Crippen LogP contribution in [0.25, 0.3) is 0 Å². The Morgan fingerprint density at radius 1 is 0.677 bits per heavy atom. The van der Waals surface area contributed by atoms with Crippen LogP contribution in [0, 0.1) is 0 Å². The Labute approximate surface area is 187 Å². The minimum Gasteiger partial charge on any atom is -0.489 e. The number of rotatable bonds is 10. The molecule has 1 saturated carbocycles. The lowest BCUT2D eigenvalue weighted by atomic mass is 9.81. The van der Waals surface area contributed by atoms with Crippen LogP contribution >= 0.6 is 0 Å². The van der Waals surface area contributed by atoms with Crippen LogP contribution in [0.15, 0.2) is 84.9 Å². The molecule has 0 saturated heterocycles. The van der Waals surface area contributed by atoms with Gasteiger partial charge in [-0.2, -0.15) is 0 Å². The highest BCUT2D eigenvalue weighted by molar-refractivity contribution is 5.30. The zero-order valence-corrected chi connectivity index (χ0v) is 18.5. The quantitative estimate of drug-likeness (QED) is 0.365. The Hall–Kier alpha value is -2.58. The fourth-order valence-electron chi connectivity index (χ4n) is 4.61. The first-order valence-corrected chi connectivity index (χ1v) is 11.9. The third-order valence-corrected chi connectivity index (χ3v) is 6.50. The summed E-state index contributed by atoms with van der Waals surface area (Å²) in [4.78, 5) is 0. The summed E-state index contributed by atoms with van der Waals surface area (Å²) in [5.74, 6) is 1.65. The van der Waals surface area contributed by atoms with Gasteiger partial charge in [-0.1, -0.05) is 72.8 Å². The maximum absolute atomic E-state index is 5.93. The summed E-state index contributed by atoms with van der Waals surface area (Å²) in [6, 6.07) is 30.7. The maximum Gasteiger partial charge on any atom is 0.119 e. The number of benzene rings is 3. The lowest BCUT2D eigenvalue weighted by Crippen LogP contribution is -2.33. The fourth-order valence-corrected chi connectivity index (χ4v) is 4.61. The molecule has 1 aliphatic carbocycles. The van der Waals surface area contributed by atoms with Gasteiger partial charge in [-0.3, -0.25) is 0 Å². The predicted octanol–water partition coefficient (Wildman–Crippen LogP) is 6.90. The molecule has 0 unspecified atom stereocenters. The molecule has 31 heavy (non-hydrogen) atoms. The van der Waals surface area contributed by atoms with Gasteiger partial charge in [0.15, 0.2) is 0 Å². The molecule has 2 heteroatoms. The van der Waals surface area contributed by atoms with Gasteiger partial charge in [0.2, 0.25) is 0 Å². The maximum atomic E-state index is 5.93. The van der Waals surface area contributed by atoms with Gasteiger partial charge in [-0.05, 0) is 86.2 Å². The van der Waals surface area contributed by atoms with E-state index >= 15 is 0 Å². The van der Waals surface area contributed by atoms with Crippen LogP contribution in [-0.4, -0.2) is 12.6 Å². The molecule has 0 aliphatic heterocycles. The smallest absolute Gasteiger partial charge is 0.119 e. The van der Waals surface area contributed by atoms with Gasteiger partial charge in [0, 0.05) is 6.04 Å². The average molecular weight is 414 g/mol. The molecule has 162 valence electrons. The summed E-state index contributed by atoms with van der Waals surface area (Å²) < 4.78 is 5.93. The van der Waals surface area contributed by atoms with Crippen molar-refractivity contribution in [3.8, 4) is 5.75 Å². The number of aryl methyl sites for hydroxylation is 1. The summed E-state index contributed by atoms with van der Waals surface area (Å²) in [7, 11) is 0. The van der Waals surface area contributed by atoms with Gasteiger partial charge in [0.1, 0.15) is 12.4 Å². The van der Waals surface area contributed by atoms with Crippen LogP contribution in [0.2, 0.25) is 0 Å². The van der Waals surface area contributed by atoms with Crippen LogP contribution in [0.4, 0.5) is 0 Å². The summed E-state index contributed by atoms with van der Waals surface area (Å²) >= 11 is 0. The molecule has 3 aromatic rings. The van der Waals surface area contributed by atoms with Gasteiger partial charge in [-0.25, -0.2) is 0 Å². The lowest BCUT2D eigenvalue weighted by molar-refractivity contribution is 0.305. The molecule has 4 rings (SSSR count). The Balaban J connectivity index is 1.12. The molecule has 1 aliphatic rings. The lowest BCUT2D eigenvalue weighted by Gasteiger charge is -2.29. The van der Waals surface area contributed by atoms with Crippen LogP contribution in [0.5, 0.6) is 5.75 Å². The van der Waals surface area contributed by atoms with E-state index in [4.69, 9.17) is 4.74 Å². The van der Waals surface area contributed by atoms with Gasteiger partial charge in [0.25, 0.3) is 0 Å². The number of nitrogens with one attached hydrogen (secondary N) is 1. The third-order valence-electron chi connectivity index (χ3n) is 6.50. The van der Waals surface area contributed by atoms with Crippen molar-refractivity contribution in [1.82, 2.24) is 5.32 Å². The monoisotopic (exact) mass is 413 g/mol. The van der Waals surface area contributed by atoms with Gasteiger partial charge in [0.05, 0.1) is 0 Å². The minimum absolute atomic E-state index is 0.627. The largest absolute Gasteiger partial charge is 0.489 e. The first kappa shape index (κ1) is 21.6. The zero-order valence-electron chi connectivity index (χ0n) is 18.5. The van der Waals surface area contributed by atoms with E-state index in [0.717, 1.165) is 12.3 Å². The molecule has 1 N–H and O–H groups in total. The molecule has 0 aromatic heterocycles. The van der Waals surface area contributed by atoms with E-state index in [0.29, 0.717) is 18.6 Å². The van der Waals surface area contributed by atoms with Gasteiger partial charge >= 0.3 is 0 Å². The second-order valence-corrected chi connectivity index (χ2v) is 8.79. The molecular weight excluding hydrogens is 378 g/mol. The molecule has 0 spiro atoms. The van der Waals surface area contributed by atoms with E-state index < -0.39 is 0 Å². The number of ether oxygens (including phenoxy) is 1. The summed E-state index contributed by atoms with van der Waals surface area (Å²) in [6.07, 6.45) is 8.87. The van der Waals surface area contributed by atoms with E-state index in [1.165, 1.54) is 61.6 Å². The van der Waals surface area contributed by atoms with Crippen molar-refractivity contribution < 1.29 is 4.74 Å². The average Bonchev–Trinajstić information content (AvgIpc) is 2.85. The molecule has 3 aromatic carbocycles. The summed E-state index contributed by atoms with van der Waals surface area (Å²) in [5, 5.41) is 3.80. The molecule has 0 atom stereocenters. The number of hydrogen-bond acceptors (Lipinski definition) is 2. The number of unbranched alkanes of at least 4 members (excludes halogenated alkanes) is 1. The second-order valence-electron chi connectivity index (χ2n) is 8.79. The topological polar surface area (TPSA) is 21.3 Å². The van der Waals surface area contributed by atoms with Gasteiger partial charge < -0.3 is 10.1 Å². The molecule has 1 fully saturated rings. The Bertz CT molecular complexity index is 868. The van der Waals surface area contributed by atoms with E-state index in [9.17, 15) is 0 Å². The van der Waals surface area contributed by atoms with Crippen molar-refractivity contribution in [1.29, 1.82) is 0 Å². The second kappa shape index (κ2) is 11.7. The highest BCUT2D eigenvalue weighted by Gasteiger charge is 2.21. The summed E-state index contributed by atoms with van der Waals surface area (Å²) in [5.41, 5.74) is 4.13. The van der Waals surface area contributed by atoms with Crippen molar-refractivity contribution in [3.63, 3.8) is 0 Å². The molecule has 0 bridgehead atoms. The molecule has 2 nitrogen and oxygen atoms in total. The third kappa shape index (κ3) is 6.97. The van der Waals surface area contributed by atoms with Crippen molar-refractivity contribution >= 4 is 0 Å². The van der Waals surface area contributed by atoms with Crippen molar-refractivity contribution in [2.75, 3.05) is 6.54 Å². The van der Waals surface area contributed by atoms with Gasteiger partial charge in [-0.15, -0.1) is 0 Å². The van der Waals surface area contributed by atoms with Crippen molar-refractivity contribution in [2.45, 2.75) is 63.5 Å². The van der Waals surface area contributed by atoms with E-state index in [-0.39, 0.29) is 0 Å². The standard InChI is InChI=1S/C29H35NO/c1-3-9-24(10-4-1)11-7-8-22-30-28-18-14-26(15-19-28)27-16-20-29(21-17-27)31-23-25-12-5-2-6-13-25/h1-6,9-10,12-13,16-17,20-21,26,28,30H,7-8,11,14-15,18-19,22-23H2/t26-,28-. The van der Waals surface area contributed by atoms with Crippen LogP contribution in [-0.2, 0) is 13.0 Å². The zero-order chi connectivity index (χ0) is 21.1. The highest BCUT2D eigenvalue weighted by atomic mass is 16.5. The van der Waals surface area contributed by atoms with Crippen LogP contribution < -0.4 is 10.1 Å². The normalized spacial score (nSPS) is 18.6. The molecule has 0 heterocycles.